The second-order valence-corrected chi connectivity index (χ2v) is 4.76. The molecule has 0 radical (unpaired) electrons. The molecule has 0 atom stereocenters. The molecule has 5 heteroatoms. The predicted molar refractivity (Wildman–Crippen MR) is 68.9 cm³/mol. The summed E-state index contributed by atoms with van der Waals surface area (Å²) in [6.07, 6.45) is 2.01. The van der Waals surface area contributed by atoms with Gasteiger partial charge in [-0.25, -0.2) is 0 Å². The molecule has 18 heavy (non-hydrogen) atoms. The van der Waals surface area contributed by atoms with Gasteiger partial charge in [0.15, 0.2) is 0 Å². The maximum Gasteiger partial charge on any atom is 0.231 e. The number of piperidine rings is 1. The Balaban J connectivity index is 2.76. The van der Waals surface area contributed by atoms with Crippen LogP contribution < -0.4 is 5.32 Å². The number of amides is 1. The Morgan fingerprint density at radius 2 is 2.17 bits per heavy atom. The second-order valence-electron chi connectivity index (χ2n) is 4.76. The Morgan fingerprint density at radius 1 is 1.50 bits per heavy atom. The minimum Gasteiger partial charge on any atom is -0.384 e. The first-order valence-electron chi connectivity index (χ1n) is 6.56. The number of nitriles is 1. The lowest BCUT2D eigenvalue weighted by Crippen LogP contribution is -2.51. The van der Waals surface area contributed by atoms with Crippen LogP contribution in [-0.4, -0.2) is 50.7 Å². The Bertz CT molecular complexity index is 300. The molecular weight excluding hydrogens is 230 g/mol. The first-order chi connectivity index (χ1) is 8.70. The lowest BCUT2D eigenvalue weighted by atomic mass is 9.78. The van der Waals surface area contributed by atoms with Gasteiger partial charge in [0.1, 0.15) is 0 Å². The van der Waals surface area contributed by atoms with Crippen molar-refractivity contribution in [2.24, 2.45) is 5.41 Å². The molecule has 0 aromatic heterocycles. The van der Waals surface area contributed by atoms with Crippen molar-refractivity contribution >= 4 is 5.91 Å². The normalized spacial score (nSPS) is 18.1. The van der Waals surface area contributed by atoms with E-state index in [9.17, 15) is 4.79 Å². The van der Waals surface area contributed by atoms with Crippen LogP contribution in [0.4, 0.5) is 0 Å². The third-order valence-corrected chi connectivity index (χ3v) is 3.60. The maximum atomic E-state index is 12.7. The number of carbonyl (C=O) groups excluding carboxylic acids is 1. The van der Waals surface area contributed by atoms with Gasteiger partial charge in [-0.05, 0) is 32.9 Å². The van der Waals surface area contributed by atoms with Crippen molar-refractivity contribution in [1.29, 1.82) is 5.26 Å². The number of nitrogens with one attached hydrogen (secondary N) is 1. The number of ether oxygens (including phenoxy) is 1. The number of methoxy groups -OCH3 is 1. The minimum absolute atomic E-state index is 0.142. The first kappa shape index (κ1) is 14.9. The van der Waals surface area contributed by atoms with Crippen molar-refractivity contribution in [3.63, 3.8) is 0 Å². The van der Waals surface area contributed by atoms with Crippen LogP contribution in [0, 0.1) is 16.7 Å². The molecule has 1 heterocycles. The van der Waals surface area contributed by atoms with Crippen LogP contribution in [0.5, 0.6) is 0 Å². The van der Waals surface area contributed by atoms with E-state index in [-0.39, 0.29) is 5.91 Å². The molecule has 0 bridgehead atoms. The lowest BCUT2D eigenvalue weighted by molar-refractivity contribution is -0.147. The van der Waals surface area contributed by atoms with E-state index in [2.05, 4.69) is 11.4 Å². The monoisotopic (exact) mass is 253 g/mol. The molecule has 102 valence electrons. The van der Waals surface area contributed by atoms with Gasteiger partial charge in [-0.2, -0.15) is 5.26 Å². The number of hydrogen-bond donors (Lipinski definition) is 1. The highest BCUT2D eigenvalue weighted by Gasteiger charge is 2.41. The van der Waals surface area contributed by atoms with Crippen molar-refractivity contribution in [1.82, 2.24) is 10.2 Å². The van der Waals surface area contributed by atoms with Crippen LogP contribution in [0.2, 0.25) is 0 Å². The average Bonchev–Trinajstić information content (AvgIpc) is 2.41. The van der Waals surface area contributed by atoms with Crippen LogP contribution >= 0.6 is 0 Å². The second kappa shape index (κ2) is 7.34. The summed E-state index contributed by atoms with van der Waals surface area (Å²) >= 11 is 0. The molecule has 0 aliphatic carbocycles. The molecule has 0 aromatic rings. The van der Waals surface area contributed by atoms with Gasteiger partial charge in [0, 0.05) is 20.2 Å². The fourth-order valence-electron chi connectivity index (χ4n) is 2.53. The Morgan fingerprint density at radius 3 is 2.67 bits per heavy atom. The summed E-state index contributed by atoms with van der Waals surface area (Å²) in [4.78, 5) is 14.4. The first-order valence-corrected chi connectivity index (χ1v) is 6.56. The van der Waals surface area contributed by atoms with Gasteiger partial charge >= 0.3 is 0 Å². The third-order valence-electron chi connectivity index (χ3n) is 3.60. The number of hydrogen-bond acceptors (Lipinski definition) is 4. The van der Waals surface area contributed by atoms with Crippen LogP contribution in [0.15, 0.2) is 0 Å². The van der Waals surface area contributed by atoms with Crippen molar-refractivity contribution in [2.45, 2.75) is 26.2 Å². The largest absolute Gasteiger partial charge is 0.384 e. The number of carbonyl (C=O) groups is 1. The van der Waals surface area contributed by atoms with Gasteiger partial charge in [0.25, 0.3) is 0 Å². The van der Waals surface area contributed by atoms with Gasteiger partial charge in [-0.15, -0.1) is 0 Å². The highest BCUT2D eigenvalue weighted by molar-refractivity contribution is 5.83. The quantitative estimate of drug-likeness (QED) is 0.759. The van der Waals surface area contributed by atoms with Gasteiger partial charge < -0.3 is 15.0 Å². The SMILES string of the molecule is CCN(CCC#N)C(=O)C1(COC)CCNCC1. The Kier molecular flexibility index (Phi) is 6.10. The minimum atomic E-state index is -0.397. The van der Waals surface area contributed by atoms with E-state index >= 15 is 0 Å². The zero-order valence-corrected chi connectivity index (χ0v) is 11.4. The molecule has 1 fully saturated rings. The van der Waals surface area contributed by atoms with Crippen molar-refractivity contribution < 1.29 is 9.53 Å². The van der Waals surface area contributed by atoms with E-state index in [1.165, 1.54) is 0 Å². The predicted octanol–water partition coefficient (Wildman–Crippen LogP) is 0.765. The Hall–Kier alpha value is -1.12. The van der Waals surface area contributed by atoms with Crippen molar-refractivity contribution in [3.8, 4) is 6.07 Å². The highest BCUT2D eigenvalue weighted by atomic mass is 16.5. The average molecular weight is 253 g/mol. The Labute approximate surface area is 109 Å². The van der Waals surface area contributed by atoms with E-state index in [1.807, 2.05) is 6.92 Å². The fourth-order valence-corrected chi connectivity index (χ4v) is 2.53. The summed E-state index contributed by atoms with van der Waals surface area (Å²) in [6.45, 7) is 5.30. The molecule has 0 aromatic carbocycles. The zero-order valence-electron chi connectivity index (χ0n) is 11.4. The summed E-state index contributed by atoms with van der Waals surface area (Å²) in [6, 6.07) is 2.10. The molecule has 1 aliphatic heterocycles. The molecule has 0 unspecified atom stereocenters. The van der Waals surface area contributed by atoms with Crippen LogP contribution in [0.3, 0.4) is 0 Å². The van der Waals surface area contributed by atoms with Gasteiger partial charge in [-0.3, -0.25) is 4.79 Å². The summed E-state index contributed by atoms with van der Waals surface area (Å²) in [5.74, 6) is 0.142. The van der Waals surface area contributed by atoms with E-state index in [1.54, 1.807) is 12.0 Å². The summed E-state index contributed by atoms with van der Waals surface area (Å²) in [7, 11) is 1.64. The molecule has 0 spiro atoms. The van der Waals surface area contributed by atoms with Crippen molar-refractivity contribution in [2.75, 3.05) is 39.9 Å². The van der Waals surface area contributed by atoms with E-state index < -0.39 is 5.41 Å². The molecular formula is C13H23N3O2. The lowest BCUT2D eigenvalue weighted by Gasteiger charge is -2.39. The standard InChI is InChI=1S/C13H23N3O2/c1-3-16(10-4-7-14)12(17)13(11-18-2)5-8-15-9-6-13/h15H,3-6,8-11H2,1-2H3. The number of rotatable bonds is 6. The molecule has 1 N–H and O–H groups in total. The van der Waals surface area contributed by atoms with Gasteiger partial charge in [0.2, 0.25) is 5.91 Å². The smallest absolute Gasteiger partial charge is 0.231 e. The molecule has 1 rings (SSSR count). The topological polar surface area (TPSA) is 65.4 Å². The van der Waals surface area contributed by atoms with E-state index in [4.69, 9.17) is 10.00 Å². The van der Waals surface area contributed by atoms with Crippen LogP contribution in [0.1, 0.15) is 26.2 Å². The molecule has 1 saturated heterocycles. The molecule has 0 saturated carbocycles. The third kappa shape index (κ3) is 3.44. The van der Waals surface area contributed by atoms with Crippen LogP contribution in [0.25, 0.3) is 0 Å². The molecule has 5 nitrogen and oxygen atoms in total. The maximum absolute atomic E-state index is 12.7. The number of nitrogens with zero attached hydrogens (tertiary/aromatic N) is 2. The van der Waals surface area contributed by atoms with Gasteiger partial charge in [-0.1, -0.05) is 0 Å². The fraction of sp³-hybridized carbons (Fsp3) is 0.846. The summed E-state index contributed by atoms with van der Waals surface area (Å²) in [5.41, 5.74) is -0.397. The summed E-state index contributed by atoms with van der Waals surface area (Å²) in [5, 5.41) is 11.9. The van der Waals surface area contributed by atoms with Gasteiger partial charge in [0.05, 0.1) is 24.5 Å². The highest BCUT2D eigenvalue weighted by Crippen LogP contribution is 2.31. The molecule has 1 amide bonds. The molecule has 1 aliphatic rings. The summed E-state index contributed by atoms with van der Waals surface area (Å²) < 4.78 is 5.26. The van der Waals surface area contributed by atoms with E-state index in [0.717, 1.165) is 25.9 Å². The van der Waals surface area contributed by atoms with Crippen LogP contribution in [-0.2, 0) is 9.53 Å². The van der Waals surface area contributed by atoms with Crippen molar-refractivity contribution in [3.05, 3.63) is 0 Å². The van der Waals surface area contributed by atoms with E-state index in [0.29, 0.717) is 26.1 Å². The zero-order chi connectivity index (χ0) is 13.4.